The molecule has 3 fully saturated rings. The highest BCUT2D eigenvalue weighted by Crippen LogP contribution is 2.37. The summed E-state index contributed by atoms with van der Waals surface area (Å²) in [5.74, 6) is 1.24. The van der Waals surface area contributed by atoms with E-state index < -0.39 is 0 Å². The number of hydrogen-bond donors (Lipinski definition) is 2. The quantitative estimate of drug-likeness (QED) is 0.842. The zero-order chi connectivity index (χ0) is 18.4. The Labute approximate surface area is 157 Å². The number of halogens is 1. The molecule has 1 aromatic carbocycles. The molecule has 2 N–H and O–H groups in total. The molecule has 2 aromatic rings. The summed E-state index contributed by atoms with van der Waals surface area (Å²) >= 11 is 0. The summed E-state index contributed by atoms with van der Waals surface area (Å²) in [5.41, 5.74) is 1.40. The monoisotopic (exact) mass is 372 g/mol. The van der Waals surface area contributed by atoms with Crippen molar-refractivity contribution in [3.8, 4) is 0 Å². The second-order valence-corrected chi connectivity index (χ2v) is 8.16. The largest absolute Gasteiger partial charge is 0.375 e. The van der Waals surface area contributed by atoms with Crippen LogP contribution in [0.4, 0.5) is 4.39 Å². The van der Waals surface area contributed by atoms with Gasteiger partial charge in [0.1, 0.15) is 11.6 Å². The van der Waals surface area contributed by atoms with Gasteiger partial charge in [-0.1, -0.05) is 0 Å². The van der Waals surface area contributed by atoms with Crippen molar-refractivity contribution in [2.75, 3.05) is 19.7 Å². The first-order valence-electron chi connectivity index (χ1n) is 9.93. The van der Waals surface area contributed by atoms with Gasteiger partial charge in [0, 0.05) is 38.0 Å². The van der Waals surface area contributed by atoms with Gasteiger partial charge in [0.2, 0.25) is 5.91 Å². The van der Waals surface area contributed by atoms with Crippen LogP contribution >= 0.6 is 0 Å². The molecule has 27 heavy (non-hydrogen) atoms. The molecule has 6 nitrogen and oxygen atoms in total. The number of carbonyl (C=O) groups is 1. The van der Waals surface area contributed by atoms with Gasteiger partial charge in [-0.3, -0.25) is 9.69 Å². The third-order valence-electron chi connectivity index (χ3n) is 6.04. The Morgan fingerprint density at radius 3 is 3.11 bits per heavy atom. The number of carbonyl (C=O) groups excluding carboxylic acids is 1. The minimum absolute atomic E-state index is 0.0474. The Kier molecular flexibility index (Phi) is 4.36. The number of imidazole rings is 1. The normalized spacial score (nSPS) is 28.4. The lowest BCUT2D eigenvalue weighted by Crippen LogP contribution is -2.47. The number of aromatic amines is 1. The Hall–Kier alpha value is -1.99. The summed E-state index contributed by atoms with van der Waals surface area (Å²) in [4.78, 5) is 22.4. The number of fused-ring (bicyclic) bond motifs is 2. The maximum atomic E-state index is 13.3. The summed E-state index contributed by atoms with van der Waals surface area (Å²) in [6.45, 7) is 2.73. The fourth-order valence-electron chi connectivity index (χ4n) is 4.44. The minimum atomic E-state index is -0.291. The first-order chi connectivity index (χ1) is 13.1. The fourth-order valence-corrected chi connectivity index (χ4v) is 4.44. The topological polar surface area (TPSA) is 70.2 Å². The van der Waals surface area contributed by atoms with Crippen molar-refractivity contribution in [1.82, 2.24) is 20.2 Å². The van der Waals surface area contributed by atoms with Crippen LogP contribution in [-0.2, 0) is 16.0 Å². The van der Waals surface area contributed by atoms with Crippen LogP contribution in [0.5, 0.6) is 0 Å². The average Bonchev–Trinajstić information content (AvgIpc) is 3.30. The molecule has 3 heterocycles. The smallest absolute Gasteiger partial charge is 0.220 e. The predicted molar refractivity (Wildman–Crippen MR) is 98.7 cm³/mol. The van der Waals surface area contributed by atoms with Crippen LogP contribution in [-0.4, -0.2) is 58.7 Å². The van der Waals surface area contributed by atoms with Crippen molar-refractivity contribution >= 4 is 16.9 Å². The summed E-state index contributed by atoms with van der Waals surface area (Å²) in [6.07, 6.45) is 4.87. The maximum Gasteiger partial charge on any atom is 0.220 e. The Morgan fingerprint density at radius 2 is 2.26 bits per heavy atom. The van der Waals surface area contributed by atoms with Gasteiger partial charge in [0.25, 0.3) is 0 Å². The number of benzene rings is 1. The van der Waals surface area contributed by atoms with Crippen molar-refractivity contribution in [1.29, 1.82) is 0 Å². The van der Waals surface area contributed by atoms with Gasteiger partial charge in [-0.25, -0.2) is 9.37 Å². The van der Waals surface area contributed by atoms with E-state index in [0.717, 1.165) is 43.4 Å². The average molecular weight is 372 g/mol. The number of H-pyrrole nitrogens is 1. The van der Waals surface area contributed by atoms with E-state index in [2.05, 4.69) is 20.2 Å². The SMILES string of the molecule is O=C(CCc1nc2ccc(F)cc2[nH]1)N[C@@H]1C[C@H]2CO[C@@H](C3CC3)CN2C1. The number of morpholine rings is 1. The van der Waals surface area contributed by atoms with Gasteiger partial charge in [0.15, 0.2) is 0 Å². The van der Waals surface area contributed by atoms with Crippen LogP contribution < -0.4 is 5.32 Å². The molecule has 1 amide bonds. The zero-order valence-electron chi connectivity index (χ0n) is 15.3. The highest BCUT2D eigenvalue weighted by molar-refractivity contribution is 5.77. The summed E-state index contributed by atoms with van der Waals surface area (Å²) in [6, 6.07) is 5.12. The van der Waals surface area contributed by atoms with Gasteiger partial charge < -0.3 is 15.0 Å². The summed E-state index contributed by atoms with van der Waals surface area (Å²) in [7, 11) is 0. The number of hydrogen-bond acceptors (Lipinski definition) is 4. The van der Waals surface area contributed by atoms with Crippen molar-refractivity contribution in [2.45, 2.75) is 50.3 Å². The first-order valence-corrected chi connectivity index (χ1v) is 9.93. The van der Waals surface area contributed by atoms with Crippen LogP contribution in [0.3, 0.4) is 0 Å². The second kappa shape index (κ2) is 6.87. The van der Waals surface area contributed by atoms with E-state index in [1.54, 1.807) is 6.07 Å². The molecular formula is C20H25FN4O2. The van der Waals surface area contributed by atoms with Crippen LogP contribution in [0.2, 0.25) is 0 Å². The standard InChI is InChI=1S/C20H25FN4O2/c21-13-3-4-16-17(7-13)24-19(23-16)5-6-20(26)22-14-8-15-11-27-18(12-1-2-12)10-25(15)9-14/h3-4,7,12,14-15,18H,1-2,5-6,8-11H2,(H,22,26)(H,23,24)/t14-,15+,18-/m1/s1. The molecule has 5 rings (SSSR count). The Morgan fingerprint density at radius 1 is 1.37 bits per heavy atom. The Bertz CT molecular complexity index is 850. The fraction of sp³-hybridized carbons (Fsp3) is 0.600. The molecule has 1 saturated carbocycles. The molecule has 0 radical (unpaired) electrons. The first kappa shape index (κ1) is 17.1. The van der Waals surface area contributed by atoms with Crippen molar-refractivity contribution in [3.05, 3.63) is 29.8 Å². The summed E-state index contributed by atoms with van der Waals surface area (Å²) in [5, 5.41) is 3.17. The zero-order valence-corrected chi connectivity index (χ0v) is 15.3. The second-order valence-electron chi connectivity index (χ2n) is 8.16. The highest BCUT2D eigenvalue weighted by Gasteiger charge is 2.42. The van der Waals surface area contributed by atoms with Crippen molar-refractivity contribution < 1.29 is 13.9 Å². The number of aryl methyl sites for hydroxylation is 1. The van der Waals surface area contributed by atoms with Crippen LogP contribution in [0, 0.1) is 11.7 Å². The third-order valence-corrected chi connectivity index (χ3v) is 6.04. The van der Waals surface area contributed by atoms with Gasteiger partial charge in [-0.2, -0.15) is 0 Å². The van der Waals surface area contributed by atoms with E-state index >= 15 is 0 Å². The highest BCUT2D eigenvalue weighted by atomic mass is 19.1. The number of nitrogens with zero attached hydrogens (tertiary/aromatic N) is 2. The lowest BCUT2D eigenvalue weighted by atomic mass is 10.1. The Balaban J connectivity index is 1.12. The molecule has 2 aliphatic heterocycles. The molecule has 0 unspecified atom stereocenters. The molecule has 1 aromatic heterocycles. The van der Waals surface area contributed by atoms with E-state index in [-0.39, 0.29) is 17.8 Å². The predicted octanol–water partition coefficient (Wildman–Crippen LogP) is 2.00. The molecule has 7 heteroatoms. The van der Waals surface area contributed by atoms with Gasteiger partial charge in [-0.15, -0.1) is 0 Å². The van der Waals surface area contributed by atoms with Crippen molar-refractivity contribution in [2.24, 2.45) is 5.92 Å². The van der Waals surface area contributed by atoms with E-state index in [1.165, 1.54) is 25.0 Å². The molecule has 2 saturated heterocycles. The lowest BCUT2D eigenvalue weighted by Gasteiger charge is -2.35. The number of ether oxygens (including phenoxy) is 1. The number of amides is 1. The number of nitrogens with one attached hydrogen (secondary N) is 2. The summed E-state index contributed by atoms with van der Waals surface area (Å²) < 4.78 is 19.3. The molecule has 3 aliphatic rings. The molecule has 0 bridgehead atoms. The minimum Gasteiger partial charge on any atom is -0.375 e. The van der Waals surface area contributed by atoms with E-state index in [1.807, 2.05) is 0 Å². The van der Waals surface area contributed by atoms with Gasteiger partial charge in [0.05, 0.1) is 23.7 Å². The van der Waals surface area contributed by atoms with Gasteiger partial charge >= 0.3 is 0 Å². The van der Waals surface area contributed by atoms with Crippen LogP contribution in [0.25, 0.3) is 11.0 Å². The molecule has 3 atom stereocenters. The van der Waals surface area contributed by atoms with Crippen LogP contribution in [0.15, 0.2) is 18.2 Å². The number of aromatic nitrogens is 2. The number of rotatable bonds is 5. The third kappa shape index (κ3) is 3.71. The lowest BCUT2D eigenvalue weighted by molar-refractivity contribution is -0.121. The molecule has 144 valence electrons. The molecule has 0 spiro atoms. The maximum absolute atomic E-state index is 13.3. The van der Waals surface area contributed by atoms with E-state index in [4.69, 9.17) is 4.74 Å². The van der Waals surface area contributed by atoms with Crippen molar-refractivity contribution in [3.63, 3.8) is 0 Å². The van der Waals surface area contributed by atoms with E-state index in [9.17, 15) is 9.18 Å². The molecule has 1 aliphatic carbocycles. The van der Waals surface area contributed by atoms with E-state index in [0.29, 0.717) is 30.5 Å². The van der Waals surface area contributed by atoms with Crippen LogP contribution in [0.1, 0.15) is 31.5 Å². The molecular weight excluding hydrogens is 347 g/mol. The van der Waals surface area contributed by atoms with Gasteiger partial charge in [-0.05, 0) is 43.4 Å².